The van der Waals surface area contributed by atoms with E-state index < -0.39 is 0 Å². The Morgan fingerprint density at radius 3 is 2.75 bits per heavy atom. The van der Waals surface area contributed by atoms with Crippen LogP contribution in [0.4, 0.5) is 4.79 Å². The van der Waals surface area contributed by atoms with Gasteiger partial charge >= 0.3 is 6.03 Å². The van der Waals surface area contributed by atoms with Gasteiger partial charge in [0.1, 0.15) is 0 Å². The molecule has 4 heteroatoms. The molecule has 1 aromatic rings. The average Bonchev–Trinajstić information content (AvgIpc) is 2.55. The molecule has 2 amide bonds. The van der Waals surface area contributed by atoms with Crippen molar-refractivity contribution in [2.75, 3.05) is 19.6 Å². The number of nitrogens with one attached hydrogen (secondary N) is 1. The fourth-order valence-corrected chi connectivity index (χ4v) is 2.16. The molecule has 0 aromatic heterocycles. The van der Waals surface area contributed by atoms with Crippen molar-refractivity contribution in [1.82, 2.24) is 10.2 Å². The summed E-state index contributed by atoms with van der Waals surface area (Å²) in [5.74, 6) is 0. The topological polar surface area (TPSA) is 58.4 Å². The summed E-state index contributed by atoms with van der Waals surface area (Å²) in [5.41, 5.74) is 6.58. The highest BCUT2D eigenvalue weighted by Gasteiger charge is 2.24. The van der Waals surface area contributed by atoms with Gasteiger partial charge in [-0.2, -0.15) is 0 Å². The van der Waals surface area contributed by atoms with Gasteiger partial charge in [0, 0.05) is 13.1 Å². The Morgan fingerprint density at radius 2 is 2.06 bits per heavy atom. The zero-order valence-electron chi connectivity index (χ0n) is 9.23. The van der Waals surface area contributed by atoms with Crippen LogP contribution in [0.1, 0.15) is 18.0 Å². The van der Waals surface area contributed by atoms with Gasteiger partial charge in [0.25, 0.3) is 0 Å². The monoisotopic (exact) mass is 219 g/mol. The number of urea groups is 1. The van der Waals surface area contributed by atoms with Crippen LogP contribution in [0.5, 0.6) is 0 Å². The standard InChI is InChI=1S/C12H17N3O/c13-12(16)15-9-8-14-7-6-11(15)10-4-2-1-3-5-10/h1-5,11,14H,6-9H2,(H2,13,16). The molecule has 0 aliphatic carbocycles. The number of benzene rings is 1. The highest BCUT2D eigenvalue weighted by atomic mass is 16.2. The van der Waals surface area contributed by atoms with E-state index in [1.165, 1.54) is 0 Å². The summed E-state index contributed by atoms with van der Waals surface area (Å²) in [6.07, 6.45) is 0.910. The first-order valence-electron chi connectivity index (χ1n) is 5.61. The van der Waals surface area contributed by atoms with Crippen molar-refractivity contribution in [3.05, 3.63) is 35.9 Å². The third-order valence-electron chi connectivity index (χ3n) is 2.97. The summed E-state index contributed by atoms with van der Waals surface area (Å²) in [4.78, 5) is 13.2. The molecule has 4 nitrogen and oxygen atoms in total. The first-order chi connectivity index (χ1) is 7.79. The molecule has 0 spiro atoms. The second-order valence-electron chi connectivity index (χ2n) is 4.00. The van der Waals surface area contributed by atoms with E-state index in [9.17, 15) is 4.79 Å². The normalized spacial score (nSPS) is 21.5. The van der Waals surface area contributed by atoms with E-state index in [4.69, 9.17) is 5.73 Å². The van der Waals surface area contributed by atoms with Crippen molar-refractivity contribution < 1.29 is 4.79 Å². The molecule has 0 bridgehead atoms. The molecule has 2 rings (SSSR count). The van der Waals surface area contributed by atoms with E-state index in [2.05, 4.69) is 5.32 Å². The van der Waals surface area contributed by atoms with Gasteiger partial charge in [-0.05, 0) is 18.5 Å². The Bertz CT molecular complexity index is 353. The van der Waals surface area contributed by atoms with Crippen LogP contribution in [0.15, 0.2) is 30.3 Å². The minimum absolute atomic E-state index is 0.105. The molecule has 1 aromatic carbocycles. The molecule has 16 heavy (non-hydrogen) atoms. The maximum atomic E-state index is 11.4. The lowest BCUT2D eigenvalue weighted by Gasteiger charge is -2.28. The summed E-state index contributed by atoms with van der Waals surface area (Å²) in [6.45, 7) is 2.41. The fraction of sp³-hybridized carbons (Fsp3) is 0.417. The molecule has 1 atom stereocenters. The quantitative estimate of drug-likeness (QED) is 0.743. The zero-order chi connectivity index (χ0) is 11.4. The van der Waals surface area contributed by atoms with Crippen molar-refractivity contribution in [3.63, 3.8) is 0 Å². The van der Waals surface area contributed by atoms with Crippen LogP contribution in [0.2, 0.25) is 0 Å². The van der Waals surface area contributed by atoms with Crippen LogP contribution >= 0.6 is 0 Å². The third-order valence-corrected chi connectivity index (χ3v) is 2.97. The highest BCUT2D eigenvalue weighted by molar-refractivity contribution is 5.72. The van der Waals surface area contributed by atoms with Crippen LogP contribution in [-0.2, 0) is 0 Å². The first-order valence-corrected chi connectivity index (χ1v) is 5.61. The molecule has 0 saturated carbocycles. The summed E-state index contributed by atoms with van der Waals surface area (Å²) in [7, 11) is 0. The summed E-state index contributed by atoms with van der Waals surface area (Å²) in [6, 6.07) is 9.83. The first kappa shape index (κ1) is 11.0. The highest BCUT2D eigenvalue weighted by Crippen LogP contribution is 2.24. The molecule has 1 saturated heterocycles. The van der Waals surface area contributed by atoms with Gasteiger partial charge in [0.15, 0.2) is 0 Å². The molecule has 1 heterocycles. The minimum atomic E-state index is -0.336. The Hall–Kier alpha value is -1.55. The van der Waals surface area contributed by atoms with Crippen molar-refractivity contribution in [1.29, 1.82) is 0 Å². The minimum Gasteiger partial charge on any atom is -0.351 e. The van der Waals surface area contributed by atoms with Crippen molar-refractivity contribution in [2.45, 2.75) is 12.5 Å². The number of hydrogen-bond acceptors (Lipinski definition) is 2. The predicted octanol–water partition coefficient (Wildman–Crippen LogP) is 1.10. The number of carbonyl (C=O) groups excluding carboxylic acids is 1. The van der Waals surface area contributed by atoms with E-state index in [0.717, 1.165) is 25.1 Å². The number of primary amides is 1. The van der Waals surface area contributed by atoms with E-state index in [1.807, 2.05) is 30.3 Å². The number of carbonyl (C=O) groups is 1. The van der Waals surface area contributed by atoms with Crippen molar-refractivity contribution in [3.8, 4) is 0 Å². The number of hydrogen-bond donors (Lipinski definition) is 2. The van der Waals surface area contributed by atoms with Gasteiger partial charge in [-0.1, -0.05) is 30.3 Å². The van der Waals surface area contributed by atoms with Crippen LogP contribution < -0.4 is 11.1 Å². The van der Waals surface area contributed by atoms with E-state index in [1.54, 1.807) is 4.90 Å². The van der Waals surface area contributed by atoms with Gasteiger partial charge in [0.2, 0.25) is 0 Å². The number of nitrogens with zero attached hydrogens (tertiary/aromatic N) is 1. The SMILES string of the molecule is NC(=O)N1CCNCCC1c1ccccc1. The largest absolute Gasteiger partial charge is 0.351 e. The fourth-order valence-electron chi connectivity index (χ4n) is 2.16. The summed E-state index contributed by atoms with van der Waals surface area (Å²) in [5, 5.41) is 3.28. The van der Waals surface area contributed by atoms with E-state index >= 15 is 0 Å². The Kier molecular flexibility index (Phi) is 3.41. The van der Waals surface area contributed by atoms with Crippen LogP contribution in [-0.4, -0.2) is 30.6 Å². The number of nitrogens with two attached hydrogens (primary N) is 1. The van der Waals surface area contributed by atoms with E-state index in [0.29, 0.717) is 6.54 Å². The maximum Gasteiger partial charge on any atom is 0.315 e. The summed E-state index contributed by atoms with van der Waals surface area (Å²) < 4.78 is 0. The molecular weight excluding hydrogens is 202 g/mol. The molecule has 1 aliphatic rings. The molecular formula is C12H17N3O. The van der Waals surface area contributed by atoms with Crippen LogP contribution in [0, 0.1) is 0 Å². The zero-order valence-corrected chi connectivity index (χ0v) is 9.23. The summed E-state index contributed by atoms with van der Waals surface area (Å²) >= 11 is 0. The predicted molar refractivity (Wildman–Crippen MR) is 63.0 cm³/mol. The van der Waals surface area contributed by atoms with Gasteiger partial charge in [-0.15, -0.1) is 0 Å². The van der Waals surface area contributed by atoms with Gasteiger partial charge < -0.3 is 16.0 Å². The molecule has 0 radical (unpaired) electrons. The Labute approximate surface area is 95.4 Å². The molecule has 1 fully saturated rings. The number of amides is 2. The second kappa shape index (κ2) is 4.99. The van der Waals surface area contributed by atoms with Crippen LogP contribution in [0.25, 0.3) is 0 Å². The molecule has 86 valence electrons. The Morgan fingerprint density at radius 1 is 1.31 bits per heavy atom. The van der Waals surface area contributed by atoms with Crippen molar-refractivity contribution in [2.24, 2.45) is 5.73 Å². The second-order valence-corrected chi connectivity index (χ2v) is 4.00. The lowest BCUT2D eigenvalue weighted by molar-refractivity contribution is 0.188. The van der Waals surface area contributed by atoms with Crippen molar-refractivity contribution >= 4 is 6.03 Å². The van der Waals surface area contributed by atoms with Crippen LogP contribution in [0.3, 0.4) is 0 Å². The lowest BCUT2D eigenvalue weighted by Crippen LogP contribution is -2.40. The van der Waals surface area contributed by atoms with E-state index in [-0.39, 0.29) is 12.1 Å². The smallest absolute Gasteiger partial charge is 0.315 e. The maximum absolute atomic E-state index is 11.4. The van der Waals surface area contributed by atoms with Gasteiger partial charge in [-0.3, -0.25) is 0 Å². The lowest BCUT2D eigenvalue weighted by atomic mass is 10.0. The average molecular weight is 219 g/mol. The van der Waals surface area contributed by atoms with Gasteiger partial charge in [-0.25, -0.2) is 4.79 Å². The third kappa shape index (κ3) is 2.33. The molecule has 3 N–H and O–H groups in total. The number of rotatable bonds is 1. The Balaban J connectivity index is 2.24. The molecule has 1 aliphatic heterocycles. The van der Waals surface area contributed by atoms with Gasteiger partial charge in [0.05, 0.1) is 6.04 Å². The molecule has 1 unspecified atom stereocenters.